The summed E-state index contributed by atoms with van der Waals surface area (Å²) in [5.74, 6) is -1.78. The van der Waals surface area contributed by atoms with Crippen molar-refractivity contribution in [2.75, 3.05) is 6.54 Å². The number of hydrazine groups is 1. The maximum absolute atomic E-state index is 12.4. The summed E-state index contributed by atoms with van der Waals surface area (Å²) in [6.07, 6.45) is 4.47. The largest absolute Gasteiger partial charge is 0.294 e. The third-order valence-corrected chi connectivity index (χ3v) is 4.44. The van der Waals surface area contributed by atoms with Crippen LogP contribution in [-0.4, -0.2) is 39.4 Å². The number of pyridine rings is 1. The van der Waals surface area contributed by atoms with Crippen molar-refractivity contribution < 1.29 is 19.2 Å². The summed E-state index contributed by atoms with van der Waals surface area (Å²) in [5.41, 5.74) is 5.48. The Balaban J connectivity index is 1.58. The van der Waals surface area contributed by atoms with Crippen molar-refractivity contribution in [2.45, 2.75) is 0 Å². The fraction of sp³-hybridized carbons (Fsp3) is 0.0556. The predicted octanol–water partition coefficient (Wildman–Crippen LogP) is 1.58. The number of nitrogens with one attached hydrogen (secondary N) is 2. The van der Waals surface area contributed by atoms with Crippen molar-refractivity contribution in [3.63, 3.8) is 0 Å². The van der Waals surface area contributed by atoms with Crippen LogP contribution in [-0.2, 0) is 9.59 Å². The van der Waals surface area contributed by atoms with Gasteiger partial charge in [0.2, 0.25) is 0 Å². The first-order valence-corrected chi connectivity index (χ1v) is 8.66. The SMILES string of the molecule is O=C(CN1C(=O)SC(=Cc2ccccc2)C1=O)NNC(=O)c1ccncc1. The summed E-state index contributed by atoms with van der Waals surface area (Å²) >= 11 is 0.764. The van der Waals surface area contributed by atoms with Crippen LogP contribution in [0.25, 0.3) is 6.08 Å². The molecule has 2 N–H and O–H groups in total. The van der Waals surface area contributed by atoms with E-state index in [2.05, 4.69) is 15.8 Å². The molecular weight excluding hydrogens is 368 g/mol. The van der Waals surface area contributed by atoms with Crippen LogP contribution >= 0.6 is 11.8 Å². The first kappa shape index (κ1) is 18.3. The number of imide groups is 1. The van der Waals surface area contributed by atoms with Gasteiger partial charge in [0, 0.05) is 18.0 Å². The fourth-order valence-electron chi connectivity index (χ4n) is 2.22. The van der Waals surface area contributed by atoms with E-state index in [1.54, 1.807) is 18.2 Å². The second-order valence-electron chi connectivity index (χ2n) is 5.42. The van der Waals surface area contributed by atoms with Gasteiger partial charge in [-0.3, -0.25) is 39.9 Å². The molecule has 1 aromatic heterocycles. The van der Waals surface area contributed by atoms with E-state index in [9.17, 15) is 19.2 Å². The second-order valence-corrected chi connectivity index (χ2v) is 6.41. The lowest BCUT2D eigenvalue weighted by Gasteiger charge is -2.13. The standard InChI is InChI=1S/C18H14N4O4S/c23-15(20-21-16(24)13-6-8-19-9-7-13)11-22-17(25)14(27-18(22)26)10-12-4-2-1-3-5-12/h1-10H,11H2,(H,20,23)(H,21,24). The van der Waals surface area contributed by atoms with Crippen LogP contribution in [0, 0.1) is 0 Å². The van der Waals surface area contributed by atoms with Gasteiger partial charge in [0.15, 0.2) is 0 Å². The maximum atomic E-state index is 12.4. The molecule has 0 unspecified atom stereocenters. The molecule has 2 aromatic rings. The van der Waals surface area contributed by atoms with Gasteiger partial charge in [-0.15, -0.1) is 0 Å². The lowest BCUT2D eigenvalue weighted by Crippen LogP contribution is -2.47. The van der Waals surface area contributed by atoms with Gasteiger partial charge in [0.25, 0.3) is 23.0 Å². The summed E-state index contributed by atoms with van der Waals surface area (Å²) in [7, 11) is 0. The number of amides is 4. The quantitative estimate of drug-likeness (QED) is 0.614. The smallest absolute Gasteiger partial charge is 0.271 e. The zero-order valence-electron chi connectivity index (χ0n) is 13.9. The molecule has 2 heterocycles. The molecule has 0 radical (unpaired) electrons. The number of hydrogen-bond donors (Lipinski definition) is 2. The number of hydrogen-bond acceptors (Lipinski definition) is 6. The van der Waals surface area contributed by atoms with Crippen LogP contribution in [0.15, 0.2) is 59.8 Å². The van der Waals surface area contributed by atoms with E-state index in [0.717, 1.165) is 22.2 Å². The number of thioether (sulfide) groups is 1. The van der Waals surface area contributed by atoms with E-state index in [4.69, 9.17) is 0 Å². The van der Waals surface area contributed by atoms with Gasteiger partial charge in [0.1, 0.15) is 6.54 Å². The van der Waals surface area contributed by atoms with Crippen molar-refractivity contribution in [1.29, 1.82) is 0 Å². The van der Waals surface area contributed by atoms with Crippen LogP contribution in [0.4, 0.5) is 4.79 Å². The molecule has 1 saturated heterocycles. The number of benzene rings is 1. The highest BCUT2D eigenvalue weighted by Gasteiger charge is 2.36. The zero-order chi connectivity index (χ0) is 19.2. The minimum atomic E-state index is -0.694. The molecular formula is C18H14N4O4S. The minimum Gasteiger partial charge on any atom is -0.271 e. The van der Waals surface area contributed by atoms with Crippen LogP contribution < -0.4 is 10.9 Å². The van der Waals surface area contributed by atoms with Gasteiger partial charge in [0.05, 0.1) is 4.91 Å². The Morgan fingerprint density at radius 2 is 1.74 bits per heavy atom. The molecule has 8 nitrogen and oxygen atoms in total. The molecule has 1 fully saturated rings. The Labute approximate surface area is 158 Å². The van der Waals surface area contributed by atoms with Gasteiger partial charge in [-0.25, -0.2) is 0 Å². The summed E-state index contributed by atoms with van der Waals surface area (Å²) < 4.78 is 0. The van der Waals surface area contributed by atoms with Gasteiger partial charge in [-0.1, -0.05) is 30.3 Å². The average molecular weight is 382 g/mol. The lowest BCUT2D eigenvalue weighted by atomic mass is 10.2. The Hall–Kier alpha value is -3.46. The van der Waals surface area contributed by atoms with Crippen LogP contribution in [0.1, 0.15) is 15.9 Å². The predicted molar refractivity (Wildman–Crippen MR) is 99.0 cm³/mol. The van der Waals surface area contributed by atoms with Crippen LogP contribution in [0.3, 0.4) is 0 Å². The number of carbonyl (C=O) groups excluding carboxylic acids is 4. The van der Waals surface area contributed by atoms with E-state index in [0.29, 0.717) is 5.56 Å². The monoisotopic (exact) mass is 382 g/mol. The zero-order valence-corrected chi connectivity index (χ0v) is 14.7. The van der Waals surface area contributed by atoms with Crippen molar-refractivity contribution in [3.8, 4) is 0 Å². The minimum absolute atomic E-state index is 0.236. The molecule has 136 valence electrons. The number of carbonyl (C=O) groups is 4. The molecule has 1 aliphatic rings. The number of rotatable bonds is 4. The van der Waals surface area contributed by atoms with Crippen molar-refractivity contribution >= 4 is 40.8 Å². The molecule has 0 bridgehead atoms. The lowest BCUT2D eigenvalue weighted by molar-refractivity contribution is -0.129. The first-order chi connectivity index (χ1) is 13.0. The Kier molecular flexibility index (Phi) is 5.62. The Morgan fingerprint density at radius 3 is 2.44 bits per heavy atom. The molecule has 1 aromatic carbocycles. The van der Waals surface area contributed by atoms with Gasteiger partial charge < -0.3 is 0 Å². The van der Waals surface area contributed by atoms with E-state index in [-0.39, 0.29) is 4.91 Å². The number of nitrogens with zero attached hydrogens (tertiary/aromatic N) is 2. The molecule has 0 atom stereocenters. The molecule has 3 rings (SSSR count). The molecule has 9 heteroatoms. The van der Waals surface area contributed by atoms with Crippen LogP contribution in [0.5, 0.6) is 0 Å². The van der Waals surface area contributed by atoms with E-state index >= 15 is 0 Å². The van der Waals surface area contributed by atoms with Crippen molar-refractivity contribution in [3.05, 3.63) is 70.9 Å². The third-order valence-electron chi connectivity index (χ3n) is 3.53. The third kappa shape index (κ3) is 4.59. The van der Waals surface area contributed by atoms with Crippen molar-refractivity contribution in [2.24, 2.45) is 0 Å². The highest BCUT2D eigenvalue weighted by atomic mass is 32.2. The molecule has 27 heavy (non-hydrogen) atoms. The van der Waals surface area contributed by atoms with E-state index in [1.165, 1.54) is 24.5 Å². The molecule has 0 saturated carbocycles. The Morgan fingerprint density at radius 1 is 1.04 bits per heavy atom. The molecule has 0 aliphatic carbocycles. The summed E-state index contributed by atoms with van der Waals surface area (Å²) in [6, 6.07) is 12.0. The summed E-state index contributed by atoms with van der Waals surface area (Å²) in [5, 5.41) is -0.544. The highest BCUT2D eigenvalue weighted by Crippen LogP contribution is 2.31. The molecule has 1 aliphatic heterocycles. The summed E-state index contributed by atoms with van der Waals surface area (Å²) in [6.45, 7) is -0.493. The maximum Gasteiger partial charge on any atom is 0.294 e. The topological polar surface area (TPSA) is 108 Å². The van der Waals surface area contributed by atoms with E-state index in [1.807, 2.05) is 18.2 Å². The normalized spacial score (nSPS) is 15.1. The van der Waals surface area contributed by atoms with Gasteiger partial charge >= 0.3 is 0 Å². The fourth-order valence-corrected chi connectivity index (χ4v) is 3.06. The first-order valence-electron chi connectivity index (χ1n) is 7.84. The summed E-state index contributed by atoms with van der Waals surface area (Å²) in [4.78, 5) is 53.1. The average Bonchev–Trinajstić information content (AvgIpc) is 2.95. The van der Waals surface area contributed by atoms with Crippen molar-refractivity contribution in [1.82, 2.24) is 20.7 Å². The van der Waals surface area contributed by atoms with Gasteiger partial charge in [-0.05, 0) is 35.5 Å². The van der Waals surface area contributed by atoms with E-state index < -0.39 is 29.5 Å². The number of aromatic nitrogens is 1. The second kappa shape index (κ2) is 8.28. The Bertz CT molecular complexity index is 915. The molecule has 0 spiro atoms. The highest BCUT2D eigenvalue weighted by molar-refractivity contribution is 8.18. The van der Waals surface area contributed by atoms with Crippen LogP contribution in [0.2, 0.25) is 0 Å². The molecule has 4 amide bonds. The van der Waals surface area contributed by atoms with Gasteiger partial charge in [-0.2, -0.15) is 0 Å².